The van der Waals surface area contributed by atoms with Gasteiger partial charge in [-0.3, -0.25) is 9.59 Å². The van der Waals surface area contributed by atoms with E-state index < -0.39 is 17.5 Å². The number of carbonyl (C=O) groups excluding carboxylic acids is 1. The van der Waals surface area contributed by atoms with E-state index in [1.807, 2.05) is 54.6 Å². The number of aliphatic carboxylic acids is 1. The number of aromatic nitrogens is 1. The summed E-state index contributed by atoms with van der Waals surface area (Å²) in [5.74, 6) is -2.26. The first-order valence-corrected chi connectivity index (χ1v) is 9.29. The smallest absolute Gasteiger partial charge is 0.303 e. The maximum atomic E-state index is 12.4. The van der Waals surface area contributed by atoms with Crippen LogP contribution in [0, 0.1) is 11.3 Å². The summed E-state index contributed by atoms with van der Waals surface area (Å²) in [5, 5.41) is 31.3. The van der Waals surface area contributed by atoms with E-state index >= 15 is 0 Å². The number of carboxylic acids is 1. The third kappa shape index (κ3) is 3.33. The number of nitriles is 1. The van der Waals surface area contributed by atoms with Gasteiger partial charge in [0.25, 0.3) is 0 Å². The third-order valence-corrected chi connectivity index (χ3v) is 5.00. The summed E-state index contributed by atoms with van der Waals surface area (Å²) in [6.45, 7) is 0. The Bertz CT molecular complexity index is 1360. The van der Waals surface area contributed by atoms with E-state index in [0.29, 0.717) is 10.9 Å². The first kappa shape index (κ1) is 19.1. The Kier molecular flexibility index (Phi) is 4.87. The molecule has 0 radical (unpaired) electrons. The Hall–Kier alpha value is -4.24. The van der Waals surface area contributed by atoms with Crippen molar-refractivity contribution in [1.82, 2.24) is 4.98 Å². The molecule has 0 saturated carbocycles. The van der Waals surface area contributed by atoms with Gasteiger partial charge in [0.05, 0.1) is 11.9 Å². The molecule has 30 heavy (non-hydrogen) atoms. The largest absolute Gasteiger partial charge is 0.504 e. The first-order valence-electron chi connectivity index (χ1n) is 9.29. The summed E-state index contributed by atoms with van der Waals surface area (Å²) in [5.41, 5.74) is 1.87. The summed E-state index contributed by atoms with van der Waals surface area (Å²) in [6, 6.07) is 21.1. The maximum Gasteiger partial charge on any atom is 0.303 e. The van der Waals surface area contributed by atoms with Crippen LogP contribution in [0.15, 0.2) is 60.7 Å². The molecule has 0 spiro atoms. The molecule has 0 unspecified atom stereocenters. The van der Waals surface area contributed by atoms with Gasteiger partial charge in [-0.05, 0) is 28.0 Å². The normalized spacial score (nSPS) is 10.8. The van der Waals surface area contributed by atoms with Crippen LogP contribution in [0.5, 0.6) is 5.75 Å². The van der Waals surface area contributed by atoms with Gasteiger partial charge in [-0.1, -0.05) is 54.6 Å². The molecule has 2 N–H and O–H groups in total. The van der Waals surface area contributed by atoms with Crippen LogP contribution in [-0.4, -0.2) is 26.9 Å². The van der Waals surface area contributed by atoms with Crippen molar-refractivity contribution in [3.63, 3.8) is 0 Å². The lowest BCUT2D eigenvalue weighted by Gasteiger charge is -2.11. The lowest BCUT2D eigenvalue weighted by atomic mass is 9.96. The van der Waals surface area contributed by atoms with Crippen LogP contribution >= 0.6 is 0 Å². The van der Waals surface area contributed by atoms with Gasteiger partial charge in [-0.2, -0.15) is 5.26 Å². The van der Waals surface area contributed by atoms with Gasteiger partial charge >= 0.3 is 5.97 Å². The van der Waals surface area contributed by atoms with Gasteiger partial charge in [-0.25, -0.2) is 4.98 Å². The van der Waals surface area contributed by atoms with Crippen molar-refractivity contribution in [2.45, 2.75) is 12.8 Å². The Labute approximate surface area is 171 Å². The van der Waals surface area contributed by atoms with Crippen LogP contribution in [-0.2, 0) is 4.79 Å². The molecule has 4 rings (SSSR count). The lowest BCUT2D eigenvalue weighted by Crippen LogP contribution is -2.07. The van der Waals surface area contributed by atoms with Crippen molar-refractivity contribution in [2.75, 3.05) is 0 Å². The number of fused-ring (bicyclic) bond motifs is 2. The molecule has 1 aromatic heterocycles. The fourth-order valence-electron chi connectivity index (χ4n) is 3.55. The molecular weight excluding hydrogens is 380 g/mol. The second kappa shape index (κ2) is 7.64. The topological polar surface area (TPSA) is 111 Å². The number of hydrogen-bond donors (Lipinski definition) is 2. The van der Waals surface area contributed by atoms with Crippen molar-refractivity contribution < 1.29 is 19.8 Å². The molecular formula is C24H16N2O4. The van der Waals surface area contributed by atoms with Crippen LogP contribution in [0.4, 0.5) is 0 Å². The average Bonchev–Trinajstić information content (AvgIpc) is 2.76. The number of pyridine rings is 1. The van der Waals surface area contributed by atoms with Crippen molar-refractivity contribution >= 4 is 33.4 Å². The Morgan fingerprint density at radius 3 is 2.50 bits per heavy atom. The van der Waals surface area contributed by atoms with Gasteiger partial charge < -0.3 is 10.2 Å². The van der Waals surface area contributed by atoms with Crippen LogP contribution in [0.1, 0.15) is 28.9 Å². The van der Waals surface area contributed by atoms with E-state index in [2.05, 4.69) is 4.98 Å². The minimum absolute atomic E-state index is 0.0526. The third-order valence-electron chi connectivity index (χ3n) is 5.00. The minimum atomic E-state index is -1.12. The number of Topliss-reactive ketones (excluding diaryl/α,β-unsaturated/α-hetero) is 1. The number of hydrogen-bond acceptors (Lipinski definition) is 5. The number of carbonyl (C=O) groups is 2. The Morgan fingerprint density at radius 2 is 1.73 bits per heavy atom. The quantitative estimate of drug-likeness (QED) is 0.474. The van der Waals surface area contributed by atoms with E-state index in [1.54, 1.807) is 12.1 Å². The zero-order valence-electron chi connectivity index (χ0n) is 15.8. The van der Waals surface area contributed by atoms with Gasteiger partial charge in [-0.15, -0.1) is 0 Å². The van der Waals surface area contributed by atoms with Gasteiger partial charge in [0.1, 0.15) is 17.3 Å². The number of carboxylic acid groups (broad SMARTS) is 1. The fourth-order valence-corrected chi connectivity index (χ4v) is 3.55. The molecule has 6 heteroatoms. The first-order chi connectivity index (χ1) is 14.5. The second-order valence-corrected chi connectivity index (χ2v) is 6.87. The Morgan fingerprint density at radius 1 is 0.967 bits per heavy atom. The molecule has 6 nitrogen and oxygen atoms in total. The highest BCUT2D eigenvalue weighted by Gasteiger charge is 2.21. The number of benzene rings is 3. The molecule has 3 aromatic carbocycles. The zero-order valence-corrected chi connectivity index (χ0v) is 15.8. The molecule has 146 valence electrons. The molecule has 0 fully saturated rings. The lowest BCUT2D eigenvalue weighted by molar-refractivity contribution is -0.136. The average molecular weight is 396 g/mol. The highest BCUT2D eigenvalue weighted by Crippen LogP contribution is 2.34. The number of ketones is 1. The molecule has 1 heterocycles. The summed E-state index contributed by atoms with van der Waals surface area (Å²) in [7, 11) is 0. The highest BCUT2D eigenvalue weighted by molar-refractivity contribution is 6.04. The molecule has 0 saturated heterocycles. The molecule has 4 aromatic rings. The van der Waals surface area contributed by atoms with Gasteiger partial charge in [0.15, 0.2) is 11.5 Å². The van der Waals surface area contributed by atoms with Gasteiger partial charge in [0.2, 0.25) is 0 Å². The summed E-state index contributed by atoms with van der Waals surface area (Å²) < 4.78 is 0. The van der Waals surface area contributed by atoms with Crippen molar-refractivity contribution in [3.8, 4) is 22.9 Å². The van der Waals surface area contributed by atoms with E-state index in [1.165, 1.54) is 0 Å². The van der Waals surface area contributed by atoms with Crippen LogP contribution in [0.2, 0.25) is 0 Å². The standard InChI is InChI=1S/C24H16N2O4/c25-13-19-18-9-8-15(17-7-3-5-14-4-1-2-6-16(14)17)12-20(18)26-23(24(19)30)21(27)10-11-22(28)29/h1-9,12,30H,10-11H2,(H,28,29). The monoisotopic (exact) mass is 396 g/mol. The Balaban J connectivity index is 1.90. The SMILES string of the molecule is N#Cc1c(O)c(C(=O)CCC(=O)O)nc2cc(-c3cccc4ccccc34)ccc12. The van der Waals surface area contributed by atoms with Crippen molar-refractivity contribution in [3.05, 3.63) is 71.9 Å². The number of aromatic hydroxyl groups is 1. The molecule has 0 atom stereocenters. The summed E-state index contributed by atoms with van der Waals surface area (Å²) in [6.07, 6.45) is -0.689. The van der Waals surface area contributed by atoms with E-state index in [-0.39, 0.29) is 24.1 Å². The molecule has 0 aliphatic carbocycles. The zero-order chi connectivity index (χ0) is 21.3. The van der Waals surface area contributed by atoms with Crippen molar-refractivity contribution in [2.24, 2.45) is 0 Å². The predicted octanol–water partition coefficient (Wildman–Crippen LogP) is 4.68. The van der Waals surface area contributed by atoms with Crippen LogP contribution in [0.25, 0.3) is 32.8 Å². The van der Waals surface area contributed by atoms with E-state index in [9.17, 15) is 20.0 Å². The molecule has 0 aliphatic rings. The van der Waals surface area contributed by atoms with E-state index in [4.69, 9.17) is 5.11 Å². The number of rotatable bonds is 5. The minimum Gasteiger partial charge on any atom is -0.504 e. The number of nitrogens with zero attached hydrogens (tertiary/aromatic N) is 2. The second-order valence-electron chi connectivity index (χ2n) is 6.87. The van der Waals surface area contributed by atoms with Crippen molar-refractivity contribution in [1.29, 1.82) is 5.26 Å². The summed E-state index contributed by atoms with van der Waals surface area (Å²) in [4.78, 5) is 27.5. The molecule has 0 bridgehead atoms. The molecule has 0 amide bonds. The van der Waals surface area contributed by atoms with Crippen LogP contribution in [0.3, 0.4) is 0 Å². The fraction of sp³-hybridized carbons (Fsp3) is 0.0833. The van der Waals surface area contributed by atoms with E-state index in [0.717, 1.165) is 21.9 Å². The van der Waals surface area contributed by atoms with Crippen LogP contribution < -0.4 is 0 Å². The van der Waals surface area contributed by atoms with Gasteiger partial charge in [0, 0.05) is 11.8 Å². The highest BCUT2D eigenvalue weighted by atomic mass is 16.4. The molecule has 0 aliphatic heterocycles. The summed E-state index contributed by atoms with van der Waals surface area (Å²) >= 11 is 0. The maximum absolute atomic E-state index is 12.4. The predicted molar refractivity (Wildman–Crippen MR) is 112 cm³/mol.